The van der Waals surface area contributed by atoms with Crippen molar-refractivity contribution in [1.82, 2.24) is 0 Å². The molecule has 2 aliphatic heterocycles. The number of hydrogen-bond donors (Lipinski definition) is 2. The zero-order valence-electron chi connectivity index (χ0n) is 21.0. The number of esters is 3. The van der Waals surface area contributed by atoms with Crippen LogP contribution in [0, 0.1) is 34.0 Å². The van der Waals surface area contributed by atoms with E-state index in [0.717, 1.165) is 0 Å². The summed E-state index contributed by atoms with van der Waals surface area (Å²) >= 11 is 0. The molecule has 9 heteroatoms. The van der Waals surface area contributed by atoms with Gasteiger partial charge in [-0.05, 0) is 42.6 Å². The lowest BCUT2D eigenvalue weighted by molar-refractivity contribution is -0.475. The number of fused-ring (bicyclic) bond motifs is 2. The van der Waals surface area contributed by atoms with E-state index in [1.165, 1.54) is 20.8 Å². The van der Waals surface area contributed by atoms with E-state index in [-0.39, 0.29) is 12.5 Å². The summed E-state index contributed by atoms with van der Waals surface area (Å²) in [5.41, 5.74) is -2.35. The predicted molar refractivity (Wildman–Crippen MR) is 120 cm³/mol. The summed E-state index contributed by atoms with van der Waals surface area (Å²) < 4.78 is 23.9. The second-order valence-corrected chi connectivity index (χ2v) is 11.9. The fraction of sp³-hybridized carbons (Fsp3) is 0.808. The number of ether oxygens (including phenoxy) is 4. The maximum absolute atomic E-state index is 12.5. The molecule has 0 radical (unpaired) electrons. The summed E-state index contributed by atoms with van der Waals surface area (Å²) in [5, 5.41) is 24.3. The van der Waals surface area contributed by atoms with E-state index >= 15 is 0 Å². The first-order chi connectivity index (χ1) is 16.2. The quantitative estimate of drug-likeness (QED) is 0.345. The van der Waals surface area contributed by atoms with E-state index in [0.29, 0.717) is 31.3 Å². The zero-order valence-corrected chi connectivity index (χ0v) is 21.0. The van der Waals surface area contributed by atoms with Crippen LogP contribution in [0.3, 0.4) is 0 Å². The Kier molecular flexibility index (Phi) is 5.31. The normalized spacial score (nSPS) is 49.0. The standard InChI is InChI=1S/C26H36O9/c1-12-16-7-8-17-24-11-32-26(31,25(17,20(12)30)21(16)34-14(3)28)22(35-15(4)29)19(24)23(5,6)10-9-18(24)33-13(2)27/h16-22,30-31H,1,7-11H2,2-6H3/t16-,17-,18-,19+,20+,21+,22-,24+,25?,26-/m0/s1. The van der Waals surface area contributed by atoms with Crippen molar-refractivity contribution >= 4 is 17.9 Å². The van der Waals surface area contributed by atoms with Gasteiger partial charge in [-0.25, -0.2) is 0 Å². The summed E-state index contributed by atoms with van der Waals surface area (Å²) in [5.74, 6) is -4.97. The number of carbonyl (C=O) groups is 3. The molecular weight excluding hydrogens is 456 g/mol. The van der Waals surface area contributed by atoms with Crippen LogP contribution in [0.25, 0.3) is 0 Å². The Labute approximate surface area is 205 Å². The molecule has 6 rings (SSSR count). The Balaban J connectivity index is 1.81. The minimum atomic E-state index is -2.14. The summed E-state index contributed by atoms with van der Waals surface area (Å²) in [6.07, 6.45) is -1.54. The van der Waals surface area contributed by atoms with Gasteiger partial charge >= 0.3 is 17.9 Å². The zero-order chi connectivity index (χ0) is 25.7. The van der Waals surface area contributed by atoms with Crippen molar-refractivity contribution < 1.29 is 43.5 Å². The van der Waals surface area contributed by atoms with Gasteiger partial charge in [-0.2, -0.15) is 0 Å². The Hall–Kier alpha value is -1.97. The maximum atomic E-state index is 12.5. The van der Waals surface area contributed by atoms with Crippen molar-refractivity contribution in [3.63, 3.8) is 0 Å². The fourth-order valence-corrected chi connectivity index (χ4v) is 9.11. The van der Waals surface area contributed by atoms with E-state index in [1.54, 1.807) is 0 Å². The summed E-state index contributed by atoms with van der Waals surface area (Å²) in [4.78, 5) is 36.9. The van der Waals surface area contributed by atoms with E-state index in [2.05, 4.69) is 20.4 Å². The van der Waals surface area contributed by atoms with Gasteiger partial charge in [0.2, 0.25) is 5.79 Å². The average Bonchev–Trinajstić information content (AvgIpc) is 2.85. The smallest absolute Gasteiger partial charge is 0.303 e. The SMILES string of the molecule is C=C1[C@@H](O)C23[C@H](OC(C)=O)[C@H]1CC[C@H]2[C@@]12CO[C@@]3(O)[C@@H](OC(C)=O)[C@@H]1C(C)(C)CC[C@@H]2OC(C)=O. The first-order valence-electron chi connectivity index (χ1n) is 12.5. The number of rotatable bonds is 3. The lowest BCUT2D eigenvalue weighted by Crippen LogP contribution is -2.86. The number of hydrogen-bond acceptors (Lipinski definition) is 9. The second-order valence-electron chi connectivity index (χ2n) is 11.9. The number of carbonyl (C=O) groups excluding carboxylic acids is 3. The molecule has 1 unspecified atom stereocenters. The van der Waals surface area contributed by atoms with Gasteiger partial charge in [-0.1, -0.05) is 20.4 Å². The van der Waals surface area contributed by atoms with Gasteiger partial charge in [0.1, 0.15) is 12.2 Å². The molecule has 6 fully saturated rings. The third-order valence-corrected chi connectivity index (χ3v) is 9.92. The highest BCUT2D eigenvalue weighted by molar-refractivity contribution is 5.68. The lowest BCUT2D eigenvalue weighted by atomic mass is 9.35. The molecule has 4 saturated carbocycles. The minimum Gasteiger partial charge on any atom is -0.462 e. The van der Waals surface area contributed by atoms with Crippen molar-refractivity contribution in [1.29, 1.82) is 0 Å². The molecule has 2 spiro atoms. The molecule has 0 aromatic carbocycles. The molecule has 0 aromatic rings. The molecule has 2 N–H and O–H groups in total. The van der Waals surface area contributed by atoms with Crippen LogP contribution < -0.4 is 0 Å². The summed E-state index contributed by atoms with van der Waals surface area (Å²) in [6.45, 7) is 12.2. The van der Waals surface area contributed by atoms with Crippen LogP contribution in [0.1, 0.15) is 60.3 Å². The van der Waals surface area contributed by atoms with Gasteiger partial charge in [-0.15, -0.1) is 0 Å². The minimum absolute atomic E-state index is 0.0659. The molecule has 6 aliphatic rings. The Morgan fingerprint density at radius 1 is 0.971 bits per heavy atom. The Morgan fingerprint density at radius 2 is 1.57 bits per heavy atom. The van der Waals surface area contributed by atoms with Crippen molar-refractivity contribution in [3.8, 4) is 0 Å². The first-order valence-corrected chi connectivity index (χ1v) is 12.5. The predicted octanol–water partition coefficient (Wildman–Crippen LogP) is 1.88. The Morgan fingerprint density at radius 3 is 2.17 bits per heavy atom. The maximum Gasteiger partial charge on any atom is 0.303 e. The van der Waals surface area contributed by atoms with Crippen molar-refractivity contribution in [2.75, 3.05) is 6.61 Å². The topological polar surface area (TPSA) is 129 Å². The molecule has 2 saturated heterocycles. The number of aliphatic hydroxyl groups is 2. The van der Waals surface area contributed by atoms with Gasteiger partial charge in [0, 0.05) is 38.0 Å². The van der Waals surface area contributed by atoms with E-state index in [9.17, 15) is 24.6 Å². The molecule has 194 valence electrons. The summed E-state index contributed by atoms with van der Waals surface area (Å²) in [7, 11) is 0. The van der Waals surface area contributed by atoms with Crippen molar-refractivity contribution in [2.24, 2.45) is 34.0 Å². The van der Waals surface area contributed by atoms with Crippen LogP contribution in [0.4, 0.5) is 0 Å². The highest BCUT2D eigenvalue weighted by Crippen LogP contribution is 2.78. The molecular formula is C26H36O9. The Bertz CT molecular complexity index is 989. The molecule has 0 amide bonds. The van der Waals surface area contributed by atoms with E-state index in [4.69, 9.17) is 18.9 Å². The number of aliphatic hydroxyl groups excluding tert-OH is 1. The largest absolute Gasteiger partial charge is 0.462 e. The van der Waals surface area contributed by atoms with E-state index in [1.807, 2.05) is 0 Å². The molecule has 4 bridgehead atoms. The molecule has 2 heterocycles. The third-order valence-electron chi connectivity index (χ3n) is 9.92. The van der Waals surface area contributed by atoms with Crippen LogP contribution in [0.5, 0.6) is 0 Å². The van der Waals surface area contributed by atoms with Crippen LogP contribution in [0.2, 0.25) is 0 Å². The third kappa shape index (κ3) is 2.83. The van der Waals surface area contributed by atoms with Crippen LogP contribution in [-0.2, 0) is 33.3 Å². The van der Waals surface area contributed by atoms with Gasteiger partial charge in [0.05, 0.1) is 18.1 Å². The van der Waals surface area contributed by atoms with Gasteiger partial charge in [0.25, 0.3) is 0 Å². The van der Waals surface area contributed by atoms with Crippen LogP contribution >= 0.6 is 0 Å². The average molecular weight is 493 g/mol. The first kappa shape index (κ1) is 24.7. The highest BCUT2D eigenvalue weighted by Gasteiger charge is 2.88. The summed E-state index contributed by atoms with van der Waals surface area (Å²) in [6, 6.07) is 0. The molecule has 35 heavy (non-hydrogen) atoms. The van der Waals surface area contributed by atoms with Crippen LogP contribution in [-0.4, -0.2) is 64.9 Å². The fourth-order valence-electron chi connectivity index (χ4n) is 9.11. The monoisotopic (exact) mass is 492 g/mol. The van der Waals surface area contributed by atoms with Crippen molar-refractivity contribution in [3.05, 3.63) is 12.2 Å². The molecule has 10 atom stereocenters. The van der Waals surface area contributed by atoms with Gasteiger partial charge < -0.3 is 29.2 Å². The highest BCUT2D eigenvalue weighted by atomic mass is 16.7. The van der Waals surface area contributed by atoms with Gasteiger partial charge in [-0.3, -0.25) is 14.4 Å². The van der Waals surface area contributed by atoms with Crippen molar-refractivity contribution in [2.45, 2.75) is 90.5 Å². The molecule has 0 aromatic heterocycles. The lowest BCUT2D eigenvalue weighted by Gasteiger charge is -2.75. The molecule has 4 aliphatic carbocycles. The van der Waals surface area contributed by atoms with E-state index < -0.39 is 76.2 Å². The molecule has 9 nitrogen and oxygen atoms in total. The second kappa shape index (κ2) is 7.52. The van der Waals surface area contributed by atoms with Crippen LogP contribution in [0.15, 0.2) is 12.2 Å². The van der Waals surface area contributed by atoms with Gasteiger partial charge in [0.15, 0.2) is 6.10 Å².